The summed E-state index contributed by atoms with van der Waals surface area (Å²) in [7, 11) is 0. The Labute approximate surface area is 157 Å². The van der Waals surface area contributed by atoms with E-state index in [1.54, 1.807) is 11.0 Å². The summed E-state index contributed by atoms with van der Waals surface area (Å²) in [6.07, 6.45) is 2.90. The van der Waals surface area contributed by atoms with Crippen molar-refractivity contribution in [1.29, 1.82) is 0 Å². The molecule has 1 aromatic heterocycles. The first-order valence-corrected chi connectivity index (χ1v) is 9.10. The van der Waals surface area contributed by atoms with Crippen LogP contribution in [0.15, 0.2) is 48.5 Å². The number of carbonyl (C=O) groups is 1. The summed E-state index contributed by atoms with van der Waals surface area (Å²) in [4.78, 5) is 20.0. The second kappa shape index (κ2) is 5.26. The third-order valence-electron chi connectivity index (χ3n) is 5.38. The van der Waals surface area contributed by atoms with Crippen molar-refractivity contribution in [3.63, 3.8) is 0 Å². The number of hydrogen-bond donors (Lipinski definition) is 0. The topological polar surface area (TPSA) is 33.2 Å². The smallest absolute Gasteiger partial charge is 0.264 e. The van der Waals surface area contributed by atoms with Crippen LogP contribution in [0.5, 0.6) is 0 Å². The minimum absolute atomic E-state index is 0.114. The quantitative estimate of drug-likeness (QED) is 0.594. The largest absolute Gasteiger partial charge is 0.277 e. The summed E-state index contributed by atoms with van der Waals surface area (Å²) in [5.41, 5.74) is 5.71. The molecule has 2 aliphatic rings. The van der Waals surface area contributed by atoms with Gasteiger partial charge in [0.15, 0.2) is 0 Å². The highest BCUT2D eigenvalue weighted by Crippen LogP contribution is 2.47. The Morgan fingerprint density at radius 2 is 1.81 bits per heavy atom. The first-order valence-electron chi connectivity index (χ1n) is 9.10. The molecule has 2 heterocycles. The first kappa shape index (κ1) is 16.2. The lowest BCUT2D eigenvalue weighted by atomic mass is 9.79. The molecule has 2 aromatic carbocycles. The predicted octanol–water partition coefficient (Wildman–Crippen LogP) is 5.27. The molecule has 0 saturated heterocycles. The molecule has 5 rings (SSSR count). The van der Waals surface area contributed by atoms with Crippen molar-refractivity contribution in [2.24, 2.45) is 5.41 Å². The fraction of sp³-hybridized carbons (Fsp3) is 0.217. The number of nitrogens with zero attached hydrogens (tertiary/aromatic N) is 2. The summed E-state index contributed by atoms with van der Waals surface area (Å²) in [6, 6.07) is 12.4. The number of hydrogen-bond acceptors (Lipinski definition) is 2. The van der Waals surface area contributed by atoms with E-state index in [9.17, 15) is 9.18 Å². The van der Waals surface area contributed by atoms with E-state index in [0.29, 0.717) is 16.5 Å². The van der Waals surface area contributed by atoms with Crippen molar-refractivity contribution in [2.45, 2.75) is 27.2 Å². The fourth-order valence-corrected chi connectivity index (χ4v) is 4.18. The van der Waals surface area contributed by atoms with Crippen LogP contribution >= 0.6 is 0 Å². The Balaban J connectivity index is 1.85. The number of benzene rings is 2. The van der Waals surface area contributed by atoms with Gasteiger partial charge in [-0.1, -0.05) is 37.6 Å². The first-order chi connectivity index (χ1) is 12.8. The summed E-state index contributed by atoms with van der Waals surface area (Å²) in [6.45, 7) is 6.32. The minimum Gasteiger partial charge on any atom is -0.277 e. The number of anilines is 1. The van der Waals surface area contributed by atoms with Crippen LogP contribution < -0.4 is 4.90 Å². The molecule has 0 unspecified atom stereocenters. The zero-order valence-corrected chi connectivity index (χ0v) is 15.5. The Morgan fingerprint density at radius 3 is 2.56 bits per heavy atom. The van der Waals surface area contributed by atoms with Crippen molar-refractivity contribution in [1.82, 2.24) is 4.98 Å². The molecule has 0 atom stereocenters. The number of aromatic nitrogens is 1. The van der Waals surface area contributed by atoms with Gasteiger partial charge < -0.3 is 0 Å². The SMILES string of the molecule is Cc1ccc(N2C(=O)c3c4c(nc5ccc(F)cc35)CC(C)(C)C=C42)cc1. The maximum atomic E-state index is 13.9. The molecule has 27 heavy (non-hydrogen) atoms. The van der Waals surface area contributed by atoms with E-state index in [0.717, 1.165) is 34.6 Å². The number of rotatable bonds is 1. The van der Waals surface area contributed by atoms with Crippen LogP contribution in [0.1, 0.15) is 41.0 Å². The standard InChI is InChI=1S/C23H19FN2O/c1-13-4-7-15(8-5-13)26-19-12-23(2,3)11-18-21(19)20(22(26)27)16-10-14(24)6-9-17(16)25-18/h4-10,12H,11H2,1-3H3. The van der Waals surface area contributed by atoms with Crippen molar-refractivity contribution in [3.05, 3.63) is 76.7 Å². The molecule has 1 aliphatic carbocycles. The lowest BCUT2D eigenvalue weighted by Gasteiger charge is -2.30. The number of carbonyl (C=O) groups excluding carboxylic acids is 1. The molecule has 0 fully saturated rings. The van der Waals surface area contributed by atoms with Crippen LogP contribution in [0.4, 0.5) is 10.1 Å². The number of halogens is 1. The van der Waals surface area contributed by atoms with Gasteiger partial charge in [-0.25, -0.2) is 4.39 Å². The molecule has 3 nitrogen and oxygen atoms in total. The molecule has 0 saturated carbocycles. The number of pyridine rings is 1. The van der Waals surface area contributed by atoms with Crippen molar-refractivity contribution in [3.8, 4) is 0 Å². The van der Waals surface area contributed by atoms with Crippen molar-refractivity contribution in [2.75, 3.05) is 4.90 Å². The number of fused-ring (bicyclic) bond motifs is 2. The molecule has 1 amide bonds. The normalized spacial score (nSPS) is 17.3. The van der Waals surface area contributed by atoms with Crippen LogP contribution in [-0.2, 0) is 6.42 Å². The molecule has 3 aromatic rings. The van der Waals surface area contributed by atoms with Crippen LogP contribution in [0.25, 0.3) is 16.6 Å². The van der Waals surface area contributed by atoms with Gasteiger partial charge >= 0.3 is 0 Å². The highest BCUT2D eigenvalue weighted by atomic mass is 19.1. The summed E-state index contributed by atoms with van der Waals surface area (Å²) in [5, 5.41) is 0.582. The highest BCUT2D eigenvalue weighted by molar-refractivity contribution is 6.27. The zero-order valence-electron chi connectivity index (χ0n) is 15.5. The van der Waals surface area contributed by atoms with Crippen LogP contribution in [0, 0.1) is 18.2 Å². The molecule has 0 N–H and O–H groups in total. The Kier molecular flexibility index (Phi) is 3.15. The van der Waals surface area contributed by atoms with Crippen LogP contribution in [0.3, 0.4) is 0 Å². The second-order valence-corrected chi connectivity index (χ2v) is 8.14. The van der Waals surface area contributed by atoms with E-state index in [4.69, 9.17) is 4.98 Å². The van der Waals surface area contributed by atoms with Gasteiger partial charge in [0, 0.05) is 16.6 Å². The van der Waals surface area contributed by atoms with E-state index in [-0.39, 0.29) is 17.1 Å². The fourth-order valence-electron chi connectivity index (χ4n) is 4.18. The van der Waals surface area contributed by atoms with E-state index in [1.165, 1.54) is 12.1 Å². The van der Waals surface area contributed by atoms with E-state index < -0.39 is 0 Å². The van der Waals surface area contributed by atoms with Crippen LogP contribution in [0.2, 0.25) is 0 Å². The Morgan fingerprint density at radius 1 is 1.07 bits per heavy atom. The third-order valence-corrected chi connectivity index (χ3v) is 5.38. The maximum Gasteiger partial charge on any atom is 0.264 e. The second-order valence-electron chi connectivity index (χ2n) is 8.14. The number of amides is 1. The Hall–Kier alpha value is -3.01. The maximum absolute atomic E-state index is 13.9. The van der Waals surface area contributed by atoms with Gasteiger partial charge in [-0.2, -0.15) is 0 Å². The van der Waals surface area contributed by atoms with E-state index >= 15 is 0 Å². The molecule has 134 valence electrons. The van der Waals surface area contributed by atoms with Gasteiger partial charge in [-0.05, 0) is 49.1 Å². The lowest BCUT2D eigenvalue weighted by Crippen LogP contribution is -2.26. The Bertz CT molecular complexity index is 1160. The molecule has 0 bridgehead atoms. The average molecular weight is 358 g/mol. The summed E-state index contributed by atoms with van der Waals surface area (Å²) in [5.74, 6) is -0.471. The van der Waals surface area contributed by atoms with E-state index in [1.807, 2.05) is 31.2 Å². The minimum atomic E-state index is -0.358. The lowest BCUT2D eigenvalue weighted by molar-refractivity contribution is 0.101. The van der Waals surface area contributed by atoms with Gasteiger partial charge in [0.25, 0.3) is 5.91 Å². The summed E-state index contributed by atoms with van der Waals surface area (Å²) < 4.78 is 13.9. The van der Waals surface area contributed by atoms with Gasteiger partial charge in [-0.3, -0.25) is 14.7 Å². The molecule has 0 radical (unpaired) electrons. The van der Waals surface area contributed by atoms with Gasteiger partial charge in [0.05, 0.1) is 22.5 Å². The van der Waals surface area contributed by atoms with Crippen LogP contribution in [-0.4, -0.2) is 10.9 Å². The average Bonchev–Trinajstić information content (AvgIpc) is 2.89. The third kappa shape index (κ3) is 2.33. The molecule has 1 aliphatic heterocycles. The highest BCUT2D eigenvalue weighted by Gasteiger charge is 2.42. The molecule has 4 heteroatoms. The van der Waals surface area contributed by atoms with Gasteiger partial charge in [0.2, 0.25) is 0 Å². The predicted molar refractivity (Wildman–Crippen MR) is 105 cm³/mol. The van der Waals surface area contributed by atoms with Gasteiger partial charge in [0.1, 0.15) is 5.82 Å². The monoisotopic (exact) mass is 358 g/mol. The summed E-state index contributed by atoms with van der Waals surface area (Å²) >= 11 is 0. The van der Waals surface area contributed by atoms with Crippen molar-refractivity contribution >= 4 is 28.2 Å². The molecular formula is C23H19FN2O. The van der Waals surface area contributed by atoms with Crippen molar-refractivity contribution < 1.29 is 9.18 Å². The van der Waals surface area contributed by atoms with E-state index in [2.05, 4.69) is 19.9 Å². The molecule has 0 spiro atoms. The molecular weight excluding hydrogens is 339 g/mol. The number of allylic oxidation sites excluding steroid dienone is 1. The van der Waals surface area contributed by atoms with Gasteiger partial charge in [-0.15, -0.1) is 0 Å². The number of aryl methyl sites for hydroxylation is 1. The zero-order chi connectivity index (χ0) is 18.9.